The normalized spacial score (nSPS) is 16.9. The van der Waals surface area contributed by atoms with E-state index < -0.39 is 11.5 Å². The van der Waals surface area contributed by atoms with Gasteiger partial charge in [0.1, 0.15) is 5.60 Å². The van der Waals surface area contributed by atoms with Crippen LogP contribution in [0.1, 0.15) is 44.1 Å². The number of pyridine rings is 1. The Morgan fingerprint density at radius 3 is 2.53 bits per heavy atom. The molecule has 2 fully saturated rings. The number of nitrogens with zero attached hydrogens (tertiary/aromatic N) is 7. The van der Waals surface area contributed by atoms with Gasteiger partial charge in [-0.05, 0) is 57.6 Å². The van der Waals surface area contributed by atoms with E-state index in [1.165, 1.54) is 13.1 Å². The number of nitrogens with one attached hydrogen (secondary N) is 2. The highest BCUT2D eigenvalue weighted by molar-refractivity contribution is 6.29. The Balaban J connectivity index is 1.19. The van der Waals surface area contributed by atoms with E-state index in [1.54, 1.807) is 9.42 Å². The average molecular weight is 542 g/mol. The quantitative estimate of drug-likeness (QED) is 0.499. The van der Waals surface area contributed by atoms with Crippen LogP contribution in [-0.2, 0) is 4.74 Å². The summed E-state index contributed by atoms with van der Waals surface area (Å²) in [5.74, 6) is 1.05. The van der Waals surface area contributed by atoms with Crippen molar-refractivity contribution in [1.82, 2.24) is 35.0 Å². The maximum atomic E-state index is 12.2. The van der Waals surface area contributed by atoms with E-state index in [0.717, 1.165) is 44.7 Å². The average Bonchev–Trinajstić information content (AvgIpc) is 3.23. The van der Waals surface area contributed by atoms with Gasteiger partial charge in [-0.25, -0.2) is 9.31 Å². The van der Waals surface area contributed by atoms with Crippen molar-refractivity contribution in [3.05, 3.63) is 35.2 Å². The minimum Gasteiger partial charge on any atom is -0.444 e. The predicted octanol–water partition coefficient (Wildman–Crippen LogP) is 3.36. The summed E-state index contributed by atoms with van der Waals surface area (Å²) in [4.78, 5) is 33.0. The Labute approximate surface area is 225 Å². The molecule has 0 saturated carbocycles. The van der Waals surface area contributed by atoms with Crippen LogP contribution in [0.5, 0.6) is 0 Å². The molecule has 202 valence electrons. The third-order valence-electron chi connectivity index (χ3n) is 6.90. The summed E-state index contributed by atoms with van der Waals surface area (Å²) >= 11 is 5.98. The molecule has 0 spiro atoms. The van der Waals surface area contributed by atoms with Crippen LogP contribution in [0.3, 0.4) is 0 Å². The monoisotopic (exact) mass is 541 g/mol. The molecule has 0 atom stereocenters. The maximum Gasteiger partial charge on any atom is 0.410 e. The number of piperidine rings is 1. The summed E-state index contributed by atoms with van der Waals surface area (Å²) < 4.78 is 7.19. The molecule has 38 heavy (non-hydrogen) atoms. The van der Waals surface area contributed by atoms with Crippen LogP contribution in [0.2, 0.25) is 5.15 Å². The third-order valence-corrected chi connectivity index (χ3v) is 7.09. The number of hydrogen-bond acceptors (Lipinski definition) is 9. The highest BCUT2D eigenvalue weighted by atomic mass is 35.5. The van der Waals surface area contributed by atoms with Crippen molar-refractivity contribution >= 4 is 46.6 Å². The van der Waals surface area contributed by atoms with E-state index in [-0.39, 0.29) is 16.9 Å². The van der Waals surface area contributed by atoms with Gasteiger partial charge in [0.15, 0.2) is 16.5 Å². The van der Waals surface area contributed by atoms with Crippen LogP contribution in [-0.4, -0.2) is 80.5 Å². The van der Waals surface area contributed by atoms with E-state index in [1.807, 2.05) is 39.1 Å². The highest BCUT2D eigenvalue weighted by Gasteiger charge is 2.39. The molecule has 13 heteroatoms. The number of aromatic nitrogens is 5. The van der Waals surface area contributed by atoms with E-state index in [0.29, 0.717) is 29.1 Å². The van der Waals surface area contributed by atoms with Gasteiger partial charge in [0.05, 0.1) is 17.6 Å². The molecule has 5 rings (SSSR count). The fraction of sp³-hybridized carbons (Fsp3) is 0.520. The molecule has 12 nitrogen and oxygen atoms in total. The van der Waals surface area contributed by atoms with E-state index in [4.69, 9.17) is 16.3 Å². The molecule has 0 aliphatic carbocycles. The van der Waals surface area contributed by atoms with Crippen LogP contribution < -0.4 is 15.5 Å². The Hall–Kier alpha value is -3.67. The van der Waals surface area contributed by atoms with Gasteiger partial charge in [0, 0.05) is 39.3 Å². The first kappa shape index (κ1) is 26.0. The Morgan fingerprint density at radius 2 is 1.84 bits per heavy atom. The van der Waals surface area contributed by atoms with Gasteiger partial charge in [0.2, 0.25) is 5.95 Å². The van der Waals surface area contributed by atoms with Crippen molar-refractivity contribution in [2.24, 2.45) is 11.8 Å². The van der Waals surface area contributed by atoms with Gasteiger partial charge in [-0.15, -0.1) is 15.3 Å². The molecule has 2 aliphatic rings. The van der Waals surface area contributed by atoms with Crippen molar-refractivity contribution in [3.63, 3.8) is 0 Å². The molecule has 2 amide bonds. The molecule has 0 aromatic carbocycles. The van der Waals surface area contributed by atoms with Crippen LogP contribution in [0.25, 0.3) is 5.65 Å². The minimum absolute atomic E-state index is 0.0972. The number of anilines is 3. The van der Waals surface area contributed by atoms with E-state index >= 15 is 0 Å². The lowest BCUT2D eigenvalue weighted by Crippen LogP contribution is -2.55. The van der Waals surface area contributed by atoms with E-state index in [2.05, 4.69) is 35.8 Å². The summed E-state index contributed by atoms with van der Waals surface area (Å²) in [6.07, 6.45) is 3.90. The van der Waals surface area contributed by atoms with Gasteiger partial charge in [-0.1, -0.05) is 11.6 Å². The van der Waals surface area contributed by atoms with Crippen molar-refractivity contribution in [1.29, 1.82) is 0 Å². The van der Waals surface area contributed by atoms with Gasteiger partial charge in [-0.2, -0.15) is 4.98 Å². The Morgan fingerprint density at radius 1 is 1.11 bits per heavy atom. The number of carbonyl (C=O) groups is 2. The number of amides is 2. The SMILES string of the molecule is CNC(=O)c1nnc(Cl)cc1Nc1nc2ccc(N3CCC(C4CN(C(=O)OC(C)(C)C)C4)CC3)cn2n1. The van der Waals surface area contributed by atoms with Crippen LogP contribution in [0.15, 0.2) is 24.4 Å². The zero-order chi connectivity index (χ0) is 27.0. The van der Waals surface area contributed by atoms with Crippen molar-refractivity contribution in [3.8, 4) is 0 Å². The predicted molar refractivity (Wildman–Crippen MR) is 143 cm³/mol. The number of likely N-dealkylation sites (tertiary alicyclic amines) is 1. The summed E-state index contributed by atoms with van der Waals surface area (Å²) in [5, 5.41) is 17.9. The highest BCUT2D eigenvalue weighted by Crippen LogP contribution is 2.34. The molecule has 3 aromatic heterocycles. The molecular formula is C25H32ClN9O3. The van der Waals surface area contributed by atoms with Gasteiger partial charge < -0.3 is 25.2 Å². The molecule has 0 unspecified atom stereocenters. The maximum absolute atomic E-state index is 12.2. The van der Waals surface area contributed by atoms with Gasteiger partial charge in [0.25, 0.3) is 5.91 Å². The van der Waals surface area contributed by atoms with Crippen molar-refractivity contribution in [2.75, 3.05) is 43.4 Å². The zero-order valence-electron chi connectivity index (χ0n) is 21.9. The lowest BCUT2D eigenvalue weighted by Gasteiger charge is -2.46. The number of fused-ring (bicyclic) bond motifs is 1. The molecule has 2 aliphatic heterocycles. The Kier molecular flexibility index (Phi) is 6.99. The number of hydrogen-bond donors (Lipinski definition) is 2. The second-order valence-corrected chi connectivity index (χ2v) is 11.1. The van der Waals surface area contributed by atoms with E-state index in [9.17, 15) is 9.59 Å². The first-order valence-electron chi connectivity index (χ1n) is 12.7. The number of ether oxygens (including phenoxy) is 1. The fourth-order valence-corrected chi connectivity index (χ4v) is 5.04. The smallest absolute Gasteiger partial charge is 0.410 e. The standard InChI is InChI=1S/C25H32ClN9O3/c1-25(2,3)38-24(37)34-12-16(13-34)15-7-9-33(10-8-15)17-5-6-20-29-23(32-35(20)14-17)28-18-11-19(26)30-31-21(18)22(36)27-4/h5-6,11,14-16H,7-10,12-13H2,1-4H3,(H,27,36)(H,28,30,32). The minimum atomic E-state index is -0.464. The number of rotatable bonds is 5. The van der Waals surface area contributed by atoms with Gasteiger partial charge in [-0.3, -0.25) is 4.79 Å². The number of carbonyl (C=O) groups excluding carboxylic acids is 2. The molecule has 2 N–H and O–H groups in total. The van der Waals surface area contributed by atoms with Crippen molar-refractivity contribution in [2.45, 2.75) is 39.2 Å². The Bertz CT molecular complexity index is 1340. The molecule has 2 saturated heterocycles. The second-order valence-electron chi connectivity index (χ2n) is 10.7. The summed E-state index contributed by atoms with van der Waals surface area (Å²) in [6.45, 7) is 9.11. The largest absolute Gasteiger partial charge is 0.444 e. The lowest BCUT2D eigenvalue weighted by atomic mass is 9.80. The zero-order valence-corrected chi connectivity index (χ0v) is 22.7. The summed E-state index contributed by atoms with van der Waals surface area (Å²) in [7, 11) is 1.51. The molecule has 0 radical (unpaired) electrons. The van der Waals surface area contributed by atoms with Crippen LogP contribution in [0.4, 0.5) is 22.1 Å². The number of halogens is 1. The molecular weight excluding hydrogens is 510 g/mol. The fourth-order valence-electron chi connectivity index (χ4n) is 4.90. The van der Waals surface area contributed by atoms with Gasteiger partial charge >= 0.3 is 6.09 Å². The first-order valence-corrected chi connectivity index (χ1v) is 13.1. The second kappa shape index (κ2) is 10.2. The lowest BCUT2D eigenvalue weighted by molar-refractivity contribution is -0.0131. The molecule has 3 aromatic rings. The molecule has 5 heterocycles. The molecule has 0 bridgehead atoms. The van der Waals surface area contributed by atoms with Crippen molar-refractivity contribution < 1.29 is 14.3 Å². The van der Waals surface area contributed by atoms with Crippen LogP contribution in [0, 0.1) is 11.8 Å². The third kappa shape index (κ3) is 5.59. The van der Waals surface area contributed by atoms with Crippen LogP contribution >= 0.6 is 11.6 Å². The summed E-state index contributed by atoms with van der Waals surface area (Å²) in [6, 6.07) is 5.47. The first-order chi connectivity index (χ1) is 18.1. The summed E-state index contributed by atoms with van der Waals surface area (Å²) in [5.41, 5.74) is 1.73. The topological polar surface area (TPSA) is 130 Å².